The number of amidine groups is 1. The summed E-state index contributed by atoms with van der Waals surface area (Å²) in [6, 6.07) is 4.80. The average molecular weight is 343 g/mol. The molecular weight excluding hydrogens is 323 g/mol. The largest absolute Gasteiger partial charge is 0.450 e. The molecule has 1 spiro atoms. The van der Waals surface area contributed by atoms with E-state index in [1.165, 1.54) is 6.07 Å². The number of anilines is 1. The van der Waals surface area contributed by atoms with Gasteiger partial charge in [0.2, 0.25) is 0 Å². The Bertz CT molecular complexity index is 630. The second kappa shape index (κ2) is 6.62. The van der Waals surface area contributed by atoms with Gasteiger partial charge in [0, 0.05) is 31.6 Å². The topological polar surface area (TPSA) is 80.0 Å². The fourth-order valence-electron chi connectivity index (χ4n) is 2.96. The molecule has 0 unspecified atom stereocenters. The lowest BCUT2D eigenvalue weighted by molar-refractivity contribution is 0.0906. The molecule has 0 aliphatic carbocycles. The smallest absolute Gasteiger partial charge is 0.409 e. The first-order valence-electron chi connectivity index (χ1n) is 7.39. The molecule has 126 valence electrons. The van der Waals surface area contributed by atoms with E-state index in [9.17, 15) is 9.18 Å². The summed E-state index contributed by atoms with van der Waals surface area (Å²) in [6.45, 7) is 3.18. The van der Waals surface area contributed by atoms with Gasteiger partial charge in [-0.2, -0.15) is 0 Å². The number of ether oxygens (including phenoxy) is 1. The number of fused-ring (bicyclic) bond motifs is 1. The molecule has 1 aromatic carbocycles. The molecule has 0 atom stereocenters. The number of piperidine rings is 1. The lowest BCUT2D eigenvalue weighted by Gasteiger charge is -2.42. The predicted octanol–water partition coefficient (Wildman–Crippen LogP) is 2.33. The van der Waals surface area contributed by atoms with E-state index >= 15 is 0 Å². The number of nitrogens with two attached hydrogens (primary N) is 1. The van der Waals surface area contributed by atoms with Crippen molar-refractivity contribution in [1.82, 2.24) is 4.90 Å². The number of benzene rings is 1. The Balaban J connectivity index is 0.00000192. The van der Waals surface area contributed by atoms with E-state index in [0.717, 1.165) is 0 Å². The first-order chi connectivity index (χ1) is 10.5. The molecule has 6 nitrogen and oxygen atoms in total. The highest BCUT2D eigenvalue weighted by atomic mass is 35.5. The third-order valence-electron chi connectivity index (χ3n) is 4.09. The molecule has 0 radical (unpaired) electrons. The molecule has 1 amide bonds. The Morgan fingerprint density at radius 3 is 2.83 bits per heavy atom. The van der Waals surface area contributed by atoms with Crippen molar-refractivity contribution in [2.24, 2.45) is 10.7 Å². The highest BCUT2D eigenvalue weighted by Crippen LogP contribution is 2.34. The number of carbonyl (C=O) groups excluding carboxylic acids is 1. The van der Waals surface area contributed by atoms with Gasteiger partial charge in [0.15, 0.2) is 0 Å². The summed E-state index contributed by atoms with van der Waals surface area (Å²) in [4.78, 5) is 17.9. The lowest BCUT2D eigenvalue weighted by Crippen LogP contribution is -2.52. The van der Waals surface area contributed by atoms with Gasteiger partial charge in [-0.05, 0) is 19.1 Å². The third kappa shape index (κ3) is 3.19. The zero-order valence-electron chi connectivity index (χ0n) is 12.8. The van der Waals surface area contributed by atoms with Gasteiger partial charge in [-0.15, -0.1) is 12.4 Å². The summed E-state index contributed by atoms with van der Waals surface area (Å²) in [5, 5.41) is 3.29. The van der Waals surface area contributed by atoms with Crippen molar-refractivity contribution in [3.63, 3.8) is 0 Å². The van der Waals surface area contributed by atoms with Crippen LogP contribution in [-0.4, -0.2) is 42.2 Å². The van der Waals surface area contributed by atoms with Crippen molar-refractivity contribution in [3.8, 4) is 0 Å². The van der Waals surface area contributed by atoms with Crippen LogP contribution in [0.2, 0.25) is 0 Å². The molecule has 0 bridgehead atoms. The van der Waals surface area contributed by atoms with Crippen molar-refractivity contribution in [1.29, 1.82) is 0 Å². The first-order valence-corrected chi connectivity index (χ1v) is 7.39. The third-order valence-corrected chi connectivity index (χ3v) is 4.09. The number of aliphatic imine (C=N–C) groups is 1. The summed E-state index contributed by atoms with van der Waals surface area (Å²) >= 11 is 0. The molecule has 3 rings (SSSR count). The van der Waals surface area contributed by atoms with Crippen molar-refractivity contribution in [2.45, 2.75) is 25.4 Å². The molecule has 8 heteroatoms. The van der Waals surface area contributed by atoms with Crippen LogP contribution in [0.5, 0.6) is 0 Å². The van der Waals surface area contributed by atoms with Gasteiger partial charge in [-0.3, -0.25) is 0 Å². The molecule has 1 saturated heterocycles. The van der Waals surface area contributed by atoms with Crippen LogP contribution in [0.1, 0.15) is 25.3 Å². The minimum absolute atomic E-state index is 0. The minimum atomic E-state index is -0.576. The summed E-state index contributed by atoms with van der Waals surface area (Å²) < 4.78 is 18.9. The summed E-state index contributed by atoms with van der Waals surface area (Å²) in [6.07, 6.45) is 0.891. The maximum atomic E-state index is 13.9. The van der Waals surface area contributed by atoms with E-state index in [-0.39, 0.29) is 30.2 Å². The Hall–Kier alpha value is -2.02. The fourth-order valence-corrected chi connectivity index (χ4v) is 2.96. The molecule has 0 saturated carbocycles. The molecule has 3 N–H and O–H groups in total. The summed E-state index contributed by atoms with van der Waals surface area (Å²) in [7, 11) is 0. The van der Waals surface area contributed by atoms with Gasteiger partial charge in [0.05, 0.1) is 12.2 Å². The number of nitrogens with zero attached hydrogens (tertiary/aromatic N) is 2. The Labute approximate surface area is 140 Å². The number of hydrogen-bond acceptors (Lipinski definition) is 5. The standard InChI is InChI=1S/C15H19FN4O2.ClH/c1-2-22-14(21)20-8-6-15(7-9-20)18-11-5-3-4-10(16)12(11)13(17)19-15;/h3-5,18H,2,6-9H2,1H3,(H2,17,19);1H. The van der Waals surface area contributed by atoms with E-state index in [1.807, 2.05) is 0 Å². The van der Waals surface area contributed by atoms with E-state index in [0.29, 0.717) is 43.8 Å². The monoisotopic (exact) mass is 342 g/mol. The second-order valence-corrected chi connectivity index (χ2v) is 5.50. The van der Waals surface area contributed by atoms with Crippen molar-refractivity contribution in [2.75, 3.05) is 25.0 Å². The van der Waals surface area contributed by atoms with Gasteiger partial charge in [0.25, 0.3) is 0 Å². The first kappa shape index (κ1) is 17.3. The maximum absolute atomic E-state index is 13.9. The van der Waals surface area contributed by atoms with E-state index in [2.05, 4.69) is 10.3 Å². The molecule has 2 aliphatic rings. The van der Waals surface area contributed by atoms with Crippen molar-refractivity contribution < 1.29 is 13.9 Å². The predicted molar refractivity (Wildman–Crippen MR) is 88.6 cm³/mol. The normalized spacial score (nSPS) is 18.3. The van der Waals surface area contributed by atoms with Gasteiger partial charge in [0.1, 0.15) is 17.3 Å². The molecule has 23 heavy (non-hydrogen) atoms. The number of amides is 1. The van der Waals surface area contributed by atoms with Crippen LogP contribution in [0.4, 0.5) is 14.9 Å². The Morgan fingerprint density at radius 2 is 2.17 bits per heavy atom. The van der Waals surface area contributed by atoms with Crippen molar-refractivity contribution in [3.05, 3.63) is 29.6 Å². The maximum Gasteiger partial charge on any atom is 0.409 e. The molecular formula is C15H20ClFN4O2. The quantitative estimate of drug-likeness (QED) is 0.821. The fraction of sp³-hybridized carbons (Fsp3) is 0.467. The van der Waals surface area contributed by atoms with Crippen LogP contribution < -0.4 is 11.1 Å². The number of halogens is 2. The summed E-state index contributed by atoms with van der Waals surface area (Å²) in [5.41, 5.74) is 6.35. The average Bonchev–Trinajstić information content (AvgIpc) is 2.47. The van der Waals surface area contributed by atoms with E-state index in [1.54, 1.807) is 24.0 Å². The van der Waals surface area contributed by atoms with E-state index < -0.39 is 5.66 Å². The number of nitrogens with one attached hydrogen (secondary N) is 1. The molecule has 2 aliphatic heterocycles. The van der Waals surface area contributed by atoms with Crippen molar-refractivity contribution >= 4 is 30.0 Å². The van der Waals surface area contributed by atoms with Crippen LogP contribution in [0.15, 0.2) is 23.2 Å². The zero-order valence-corrected chi connectivity index (χ0v) is 13.7. The Kier molecular flexibility index (Phi) is 4.99. The van der Waals surface area contributed by atoms with Crippen LogP contribution >= 0.6 is 12.4 Å². The highest BCUT2D eigenvalue weighted by molar-refractivity contribution is 6.04. The van der Waals surface area contributed by atoms with Gasteiger partial charge >= 0.3 is 6.09 Å². The van der Waals surface area contributed by atoms with Crippen LogP contribution in [0.25, 0.3) is 0 Å². The molecule has 2 heterocycles. The van der Waals surface area contributed by atoms with Gasteiger partial charge in [-0.25, -0.2) is 14.2 Å². The molecule has 0 aromatic heterocycles. The molecule has 1 aromatic rings. The second-order valence-electron chi connectivity index (χ2n) is 5.50. The summed E-state index contributed by atoms with van der Waals surface area (Å²) in [5.74, 6) is -0.179. The van der Waals surface area contributed by atoms with Crippen LogP contribution in [0.3, 0.4) is 0 Å². The lowest BCUT2D eigenvalue weighted by atomic mass is 9.94. The van der Waals surface area contributed by atoms with Crippen LogP contribution in [0, 0.1) is 5.82 Å². The SMILES string of the molecule is CCOC(=O)N1CCC2(CC1)N=C(N)c1c(F)cccc1N2.Cl. The number of likely N-dealkylation sites (tertiary alicyclic amines) is 1. The number of rotatable bonds is 1. The highest BCUT2D eigenvalue weighted by Gasteiger charge is 2.39. The van der Waals surface area contributed by atoms with Crippen LogP contribution in [-0.2, 0) is 4.74 Å². The Morgan fingerprint density at radius 1 is 1.48 bits per heavy atom. The minimum Gasteiger partial charge on any atom is -0.450 e. The van der Waals surface area contributed by atoms with E-state index in [4.69, 9.17) is 10.5 Å². The zero-order chi connectivity index (χ0) is 15.7. The van der Waals surface area contributed by atoms with Gasteiger partial charge in [-0.1, -0.05) is 6.07 Å². The molecule has 1 fully saturated rings. The van der Waals surface area contributed by atoms with Gasteiger partial charge < -0.3 is 20.7 Å². The number of carbonyl (C=O) groups is 1. The number of hydrogen-bond donors (Lipinski definition) is 2.